The molecule has 0 spiro atoms. The number of imidazole rings is 1. The number of fused-ring (bicyclic) bond motifs is 2. The van der Waals surface area contributed by atoms with Gasteiger partial charge in [0.05, 0.1) is 34.6 Å². The molecule has 5 aromatic rings. The number of alkyl halides is 3. The predicted molar refractivity (Wildman–Crippen MR) is 135 cm³/mol. The maximum Gasteiger partial charge on any atom is 0.405 e. The van der Waals surface area contributed by atoms with Crippen LogP contribution in [0.5, 0.6) is 0 Å². The van der Waals surface area contributed by atoms with Gasteiger partial charge < -0.3 is 5.32 Å². The zero-order valence-corrected chi connectivity index (χ0v) is 20.8. The second-order valence-corrected chi connectivity index (χ2v) is 8.14. The molecule has 0 radical (unpaired) electrons. The molecule has 1 N–H and O–H groups in total. The van der Waals surface area contributed by atoms with E-state index >= 15 is 4.39 Å². The smallest absolute Gasteiger partial charge is 0.345 e. The van der Waals surface area contributed by atoms with Gasteiger partial charge in [-0.2, -0.15) is 18.3 Å². The summed E-state index contributed by atoms with van der Waals surface area (Å²) < 4.78 is 56.6. The van der Waals surface area contributed by atoms with Gasteiger partial charge in [0.25, 0.3) is 0 Å². The Bertz CT molecular complexity index is 1680. The number of halogens is 4. The van der Waals surface area contributed by atoms with Crippen molar-refractivity contribution in [3.63, 3.8) is 0 Å². The molecule has 0 saturated heterocycles. The third-order valence-corrected chi connectivity index (χ3v) is 5.80. The number of hydrogen-bond acceptors (Lipinski definition) is 4. The van der Waals surface area contributed by atoms with E-state index in [4.69, 9.17) is 0 Å². The van der Waals surface area contributed by atoms with E-state index in [1.54, 1.807) is 59.8 Å². The molecule has 198 valence electrons. The number of aryl methyl sites for hydroxylation is 1. The van der Waals surface area contributed by atoms with Gasteiger partial charge >= 0.3 is 11.9 Å². The number of para-hydroxylation sites is 2. The molecular weight excluding hydrogens is 504 g/mol. The van der Waals surface area contributed by atoms with Crippen LogP contribution in [-0.4, -0.2) is 42.5 Å². The summed E-state index contributed by atoms with van der Waals surface area (Å²) in [6.07, 6.45) is 0.183. The lowest BCUT2D eigenvalue weighted by atomic mass is 10.0. The van der Waals surface area contributed by atoms with E-state index < -0.39 is 36.7 Å². The molecule has 2 aromatic carbocycles. The number of nitrogens with one attached hydrogen (secondary N) is 1. The first-order valence-electron chi connectivity index (χ1n) is 11.7. The average Bonchev–Trinajstić information content (AvgIpc) is 3.41. The number of aromatic nitrogens is 5. The van der Waals surface area contributed by atoms with Crippen molar-refractivity contribution >= 4 is 27.8 Å². The summed E-state index contributed by atoms with van der Waals surface area (Å²) in [4.78, 5) is 29.5. The van der Waals surface area contributed by atoms with Gasteiger partial charge in [-0.15, -0.1) is 0 Å². The summed E-state index contributed by atoms with van der Waals surface area (Å²) in [6.45, 7) is 1.86. The molecule has 3 heterocycles. The lowest BCUT2D eigenvalue weighted by molar-refractivity contribution is -0.138. The number of pyridine rings is 1. The van der Waals surface area contributed by atoms with Crippen LogP contribution in [-0.2, 0) is 18.4 Å². The molecular formula is C26H24F4N6O2. The molecule has 5 rings (SSSR count). The quantitative estimate of drug-likeness (QED) is 0.338. The van der Waals surface area contributed by atoms with Crippen molar-refractivity contribution in [3.8, 4) is 16.8 Å². The minimum Gasteiger partial charge on any atom is -0.345 e. The SMILES string of the molecule is CC.Cn1ncc2c(-c3ccc(-n4c(=O)n(CC(=O)NCC(F)(F)F)c5ccccc54)cc3F)cncc21. The number of amides is 1. The van der Waals surface area contributed by atoms with Crippen LogP contribution in [0, 0.1) is 5.82 Å². The van der Waals surface area contributed by atoms with E-state index in [0.717, 1.165) is 10.1 Å². The van der Waals surface area contributed by atoms with Crippen molar-refractivity contribution in [1.82, 2.24) is 29.2 Å². The second kappa shape index (κ2) is 10.5. The van der Waals surface area contributed by atoms with Crippen LogP contribution in [0.15, 0.2) is 65.8 Å². The predicted octanol–water partition coefficient (Wildman–Crippen LogP) is 4.58. The lowest BCUT2D eigenvalue weighted by Crippen LogP contribution is -2.37. The van der Waals surface area contributed by atoms with Gasteiger partial charge in [-0.25, -0.2) is 9.18 Å². The number of carbonyl (C=O) groups is 1. The van der Waals surface area contributed by atoms with Crippen molar-refractivity contribution in [2.75, 3.05) is 6.54 Å². The number of hydrogen-bond donors (Lipinski definition) is 1. The molecule has 0 aliphatic carbocycles. The summed E-state index contributed by atoms with van der Waals surface area (Å²) >= 11 is 0. The fourth-order valence-corrected chi connectivity index (χ4v) is 4.14. The fourth-order valence-electron chi connectivity index (χ4n) is 4.14. The molecule has 1 amide bonds. The Morgan fingerprint density at radius 3 is 2.37 bits per heavy atom. The Morgan fingerprint density at radius 1 is 0.974 bits per heavy atom. The minimum atomic E-state index is -4.58. The van der Waals surface area contributed by atoms with E-state index in [0.29, 0.717) is 22.0 Å². The van der Waals surface area contributed by atoms with Crippen molar-refractivity contribution in [1.29, 1.82) is 0 Å². The Balaban J connectivity index is 0.00000164. The number of carbonyl (C=O) groups excluding carboxylic acids is 1. The van der Waals surface area contributed by atoms with Gasteiger partial charge in [0, 0.05) is 29.8 Å². The number of rotatable bonds is 5. The molecule has 0 aliphatic rings. The van der Waals surface area contributed by atoms with Crippen LogP contribution in [0.4, 0.5) is 17.6 Å². The largest absolute Gasteiger partial charge is 0.405 e. The highest BCUT2D eigenvalue weighted by molar-refractivity contribution is 5.94. The van der Waals surface area contributed by atoms with Gasteiger partial charge in [0.2, 0.25) is 5.91 Å². The van der Waals surface area contributed by atoms with Crippen molar-refractivity contribution in [2.45, 2.75) is 26.6 Å². The molecule has 38 heavy (non-hydrogen) atoms. The Hall–Kier alpha value is -4.48. The lowest BCUT2D eigenvalue weighted by Gasteiger charge is -2.09. The van der Waals surface area contributed by atoms with Gasteiger partial charge in [-0.05, 0) is 30.3 Å². The summed E-state index contributed by atoms with van der Waals surface area (Å²) in [5.41, 5.74) is 1.69. The molecule has 0 aliphatic heterocycles. The first-order chi connectivity index (χ1) is 18.1. The zero-order valence-electron chi connectivity index (χ0n) is 20.8. The molecule has 0 atom stereocenters. The van der Waals surface area contributed by atoms with Gasteiger partial charge in [0.15, 0.2) is 0 Å². The van der Waals surface area contributed by atoms with Crippen LogP contribution >= 0.6 is 0 Å². The Morgan fingerprint density at radius 2 is 1.68 bits per heavy atom. The summed E-state index contributed by atoms with van der Waals surface area (Å²) in [5.74, 6) is -1.59. The highest BCUT2D eigenvalue weighted by atomic mass is 19.4. The monoisotopic (exact) mass is 528 g/mol. The molecule has 0 unspecified atom stereocenters. The van der Waals surface area contributed by atoms with Gasteiger partial charge in [-0.1, -0.05) is 26.0 Å². The molecule has 0 bridgehead atoms. The summed E-state index contributed by atoms with van der Waals surface area (Å²) in [7, 11) is 1.75. The minimum absolute atomic E-state index is 0.193. The van der Waals surface area contributed by atoms with E-state index in [2.05, 4.69) is 10.1 Å². The average molecular weight is 529 g/mol. The van der Waals surface area contributed by atoms with E-state index in [1.165, 1.54) is 22.9 Å². The molecule has 3 aromatic heterocycles. The molecule has 12 heteroatoms. The topological polar surface area (TPSA) is 86.7 Å². The third-order valence-electron chi connectivity index (χ3n) is 5.80. The van der Waals surface area contributed by atoms with Crippen LogP contribution in [0.3, 0.4) is 0 Å². The summed E-state index contributed by atoms with van der Waals surface area (Å²) in [6, 6.07) is 10.7. The van der Waals surface area contributed by atoms with E-state index in [1.807, 2.05) is 13.8 Å². The van der Waals surface area contributed by atoms with Crippen molar-refractivity contribution in [2.24, 2.45) is 7.05 Å². The molecule has 8 nitrogen and oxygen atoms in total. The van der Waals surface area contributed by atoms with Crippen LogP contribution < -0.4 is 11.0 Å². The standard InChI is InChI=1S/C24H18F4N6O2.C2H6/c1-32-21-11-29-9-16(17(21)10-31-32)15-7-6-14(8-18(15)25)34-20-5-3-2-4-19(20)33(23(34)36)12-22(35)30-13-24(26,27)28;1-2/h2-11H,12-13H2,1H3,(H,30,35);1-2H3. The van der Waals surface area contributed by atoms with Gasteiger partial charge in [-0.3, -0.25) is 23.6 Å². The molecule has 0 fully saturated rings. The first-order valence-corrected chi connectivity index (χ1v) is 11.7. The van der Waals surface area contributed by atoms with E-state index in [-0.39, 0.29) is 11.3 Å². The third kappa shape index (κ3) is 5.01. The first kappa shape index (κ1) is 26.6. The normalized spacial score (nSPS) is 11.4. The molecule has 0 saturated carbocycles. The maximum absolute atomic E-state index is 15.4. The second-order valence-electron chi connectivity index (χ2n) is 8.14. The van der Waals surface area contributed by atoms with Crippen molar-refractivity contribution in [3.05, 3.63) is 77.4 Å². The number of nitrogens with zero attached hydrogens (tertiary/aromatic N) is 5. The fraction of sp³-hybridized carbons (Fsp3) is 0.231. The van der Waals surface area contributed by atoms with Gasteiger partial charge in [0.1, 0.15) is 18.9 Å². The van der Waals surface area contributed by atoms with Crippen LogP contribution in [0.2, 0.25) is 0 Å². The zero-order chi connectivity index (χ0) is 27.6. The Kier molecular flexibility index (Phi) is 7.33. The van der Waals surface area contributed by atoms with Crippen LogP contribution in [0.1, 0.15) is 13.8 Å². The summed E-state index contributed by atoms with van der Waals surface area (Å²) in [5, 5.41) is 6.65. The number of benzene rings is 2. The highest BCUT2D eigenvalue weighted by Crippen LogP contribution is 2.31. The van der Waals surface area contributed by atoms with E-state index in [9.17, 15) is 22.8 Å². The Labute approximate surface area is 214 Å². The van der Waals surface area contributed by atoms with Crippen LogP contribution in [0.25, 0.3) is 38.8 Å². The van der Waals surface area contributed by atoms with Crippen molar-refractivity contribution < 1.29 is 22.4 Å². The highest BCUT2D eigenvalue weighted by Gasteiger charge is 2.28. The maximum atomic E-state index is 15.4.